The maximum absolute atomic E-state index is 8.32. The molecule has 0 aliphatic heterocycles. The first-order valence-electron chi connectivity index (χ1n) is 11.2. The van der Waals surface area contributed by atoms with Crippen molar-refractivity contribution in [3.63, 3.8) is 0 Å². The van der Waals surface area contributed by atoms with Crippen LogP contribution in [0.5, 0.6) is 0 Å². The Bertz CT molecular complexity index is 1650. The van der Waals surface area contributed by atoms with Gasteiger partial charge in [0.25, 0.3) is 0 Å². The van der Waals surface area contributed by atoms with Crippen molar-refractivity contribution < 1.29 is 0 Å². The van der Waals surface area contributed by atoms with Gasteiger partial charge in [-0.1, -0.05) is 97.1 Å². The number of thiophene rings is 1. The normalized spacial score (nSPS) is 11.2. The molecular weight excluding hydrogens is 432 g/mol. The molecule has 0 bridgehead atoms. The number of nitrogens with two attached hydrogens (primary N) is 1. The van der Waals surface area contributed by atoms with Gasteiger partial charge in [-0.05, 0) is 46.0 Å². The summed E-state index contributed by atoms with van der Waals surface area (Å²) in [4.78, 5) is 0. The molecule has 5 aromatic carbocycles. The van der Waals surface area contributed by atoms with Crippen molar-refractivity contribution in [1.82, 2.24) is 0 Å². The molecule has 0 aliphatic rings. The van der Waals surface area contributed by atoms with Crippen molar-refractivity contribution in [3.05, 3.63) is 121 Å². The third kappa shape index (κ3) is 3.38. The molecule has 1 heterocycles. The lowest BCUT2D eigenvalue weighted by Crippen LogP contribution is -2.11. The fourth-order valence-corrected chi connectivity index (χ4v) is 6.06. The van der Waals surface area contributed by atoms with Gasteiger partial charge in [-0.15, -0.1) is 11.3 Å². The predicted octanol–water partition coefficient (Wildman–Crippen LogP) is 8.34. The number of amidine groups is 1. The topological polar surface area (TPSA) is 49.9 Å². The molecule has 0 saturated heterocycles. The molecule has 2 nitrogen and oxygen atoms in total. The molecular formula is C31H22N2S. The Balaban J connectivity index is 1.78. The predicted molar refractivity (Wildman–Crippen MR) is 147 cm³/mol. The van der Waals surface area contributed by atoms with Gasteiger partial charge in [0.15, 0.2) is 0 Å². The molecule has 0 radical (unpaired) electrons. The van der Waals surface area contributed by atoms with Crippen LogP contribution in [0, 0.1) is 5.41 Å². The Labute approximate surface area is 202 Å². The smallest absolute Gasteiger partial charge is 0.123 e. The van der Waals surface area contributed by atoms with Crippen molar-refractivity contribution in [1.29, 1.82) is 5.41 Å². The quantitative estimate of drug-likeness (QED) is 0.204. The van der Waals surface area contributed by atoms with E-state index < -0.39 is 0 Å². The molecule has 6 rings (SSSR count). The molecule has 0 aliphatic carbocycles. The van der Waals surface area contributed by atoms with Gasteiger partial charge in [-0.3, -0.25) is 5.41 Å². The van der Waals surface area contributed by atoms with Gasteiger partial charge < -0.3 is 5.73 Å². The van der Waals surface area contributed by atoms with E-state index in [1.807, 2.05) is 24.3 Å². The number of nitrogen functional groups attached to an aromatic ring is 1. The van der Waals surface area contributed by atoms with Gasteiger partial charge in [0.05, 0.1) is 0 Å². The van der Waals surface area contributed by atoms with E-state index >= 15 is 0 Å². The van der Waals surface area contributed by atoms with Crippen molar-refractivity contribution in [2.45, 2.75) is 0 Å². The SMILES string of the molecule is N=C(N)c1ccc(-c2ccccc2)c2sc3c(-c4ccccc4)cc(-c4ccccc4)cc3c12. The van der Waals surface area contributed by atoms with Crippen LogP contribution >= 0.6 is 11.3 Å². The average Bonchev–Trinajstić information content (AvgIpc) is 3.28. The van der Waals surface area contributed by atoms with E-state index in [1.54, 1.807) is 11.3 Å². The first kappa shape index (κ1) is 20.4. The molecule has 0 saturated carbocycles. The molecule has 0 atom stereocenters. The van der Waals surface area contributed by atoms with Crippen molar-refractivity contribution in [2.75, 3.05) is 0 Å². The molecule has 1 aromatic heterocycles. The lowest BCUT2D eigenvalue weighted by molar-refractivity contribution is 1.44. The van der Waals surface area contributed by atoms with E-state index in [4.69, 9.17) is 11.1 Å². The van der Waals surface area contributed by atoms with Crippen LogP contribution < -0.4 is 5.73 Å². The minimum Gasteiger partial charge on any atom is -0.384 e. The summed E-state index contributed by atoms with van der Waals surface area (Å²) in [5.74, 6) is 0.0932. The highest BCUT2D eigenvalue weighted by Gasteiger charge is 2.19. The lowest BCUT2D eigenvalue weighted by atomic mass is 9.93. The summed E-state index contributed by atoms with van der Waals surface area (Å²) in [6.45, 7) is 0. The second kappa shape index (κ2) is 8.29. The van der Waals surface area contributed by atoms with Crippen LogP contribution in [0.4, 0.5) is 0 Å². The molecule has 34 heavy (non-hydrogen) atoms. The fourth-order valence-electron chi connectivity index (χ4n) is 4.68. The van der Waals surface area contributed by atoms with Crippen LogP contribution in [0.15, 0.2) is 115 Å². The molecule has 6 aromatic rings. The molecule has 0 amide bonds. The number of benzene rings is 5. The van der Waals surface area contributed by atoms with Gasteiger partial charge >= 0.3 is 0 Å². The molecule has 0 spiro atoms. The second-order valence-corrected chi connectivity index (χ2v) is 9.40. The minimum atomic E-state index is 0.0932. The van der Waals surface area contributed by atoms with E-state index in [9.17, 15) is 0 Å². The number of nitrogens with one attached hydrogen (secondary N) is 1. The number of rotatable bonds is 4. The van der Waals surface area contributed by atoms with Crippen molar-refractivity contribution >= 4 is 37.3 Å². The van der Waals surface area contributed by atoms with Crippen LogP contribution in [0.2, 0.25) is 0 Å². The number of hydrogen-bond acceptors (Lipinski definition) is 2. The molecule has 3 N–H and O–H groups in total. The highest BCUT2D eigenvalue weighted by atomic mass is 32.1. The third-order valence-corrected chi connectivity index (χ3v) is 7.56. The van der Waals surface area contributed by atoms with Gasteiger partial charge in [-0.2, -0.15) is 0 Å². The Hall–Kier alpha value is -4.21. The molecule has 0 fully saturated rings. The number of hydrogen-bond donors (Lipinski definition) is 2. The Morgan fingerprint density at radius 1 is 0.559 bits per heavy atom. The second-order valence-electron chi connectivity index (χ2n) is 8.38. The van der Waals surface area contributed by atoms with Crippen LogP contribution in [0.1, 0.15) is 5.56 Å². The Morgan fingerprint density at radius 3 is 1.71 bits per heavy atom. The van der Waals surface area contributed by atoms with E-state index in [2.05, 4.69) is 91.0 Å². The number of fused-ring (bicyclic) bond motifs is 3. The van der Waals surface area contributed by atoms with E-state index in [-0.39, 0.29) is 5.84 Å². The summed E-state index contributed by atoms with van der Waals surface area (Å²) in [6, 6.07) is 40.1. The van der Waals surface area contributed by atoms with Crippen molar-refractivity contribution in [2.24, 2.45) is 5.73 Å². The zero-order valence-electron chi connectivity index (χ0n) is 18.5. The van der Waals surface area contributed by atoms with Gasteiger partial charge in [0.2, 0.25) is 0 Å². The summed E-state index contributed by atoms with van der Waals surface area (Å²) in [5, 5.41) is 10.5. The maximum Gasteiger partial charge on any atom is 0.123 e. The minimum absolute atomic E-state index is 0.0932. The summed E-state index contributed by atoms with van der Waals surface area (Å²) in [5.41, 5.74) is 13.9. The van der Waals surface area contributed by atoms with Crippen LogP contribution in [0.25, 0.3) is 53.6 Å². The van der Waals surface area contributed by atoms with Gasteiger partial charge in [0.1, 0.15) is 5.84 Å². The standard InChI is InChI=1S/C31H22N2S/c32-31(33)25-17-16-24(21-12-6-2-7-13-21)30-28(25)27-19-23(20-10-4-1-5-11-20)18-26(29(27)34-30)22-14-8-3-9-15-22/h1-19H,(H3,32,33). The highest BCUT2D eigenvalue weighted by Crippen LogP contribution is 2.46. The zero-order valence-corrected chi connectivity index (χ0v) is 19.3. The summed E-state index contributed by atoms with van der Waals surface area (Å²) >= 11 is 1.79. The van der Waals surface area contributed by atoms with Gasteiger partial charge in [-0.25, -0.2) is 0 Å². The van der Waals surface area contributed by atoms with Crippen molar-refractivity contribution in [3.8, 4) is 33.4 Å². The largest absolute Gasteiger partial charge is 0.384 e. The third-order valence-electron chi connectivity index (χ3n) is 6.29. The molecule has 0 unspecified atom stereocenters. The summed E-state index contributed by atoms with van der Waals surface area (Å²) in [6.07, 6.45) is 0. The van der Waals surface area contributed by atoms with Crippen LogP contribution in [-0.4, -0.2) is 5.84 Å². The fraction of sp³-hybridized carbons (Fsp3) is 0. The highest BCUT2D eigenvalue weighted by molar-refractivity contribution is 7.27. The van der Waals surface area contributed by atoms with Crippen LogP contribution in [0.3, 0.4) is 0 Å². The average molecular weight is 455 g/mol. The van der Waals surface area contributed by atoms with Crippen LogP contribution in [-0.2, 0) is 0 Å². The van der Waals surface area contributed by atoms with Gasteiger partial charge in [0, 0.05) is 31.3 Å². The van der Waals surface area contributed by atoms with E-state index in [0.29, 0.717) is 0 Å². The summed E-state index contributed by atoms with van der Waals surface area (Å²) < 4.78 is 2.38. The first-order valence-corrected chi connectivity index (χ1v) is 12.1. The maximum atomic E-state index is 8.32. The first-order chi connectivity index (χ1) is 16.7. The molecule has 162 valence electrons. The van der Waals surface area contributed by atoms with E-state index in [0.717, 1.165) is 26.6 Å². The lowest BCUT2D eigenvalue weighted by Gasteiger charge is -2.10. The Kier molecular flexibility index (Phi) is 4.97. The molecule has 3 heteroatoms. The summed E-state index contributed by atoms with van der Waals surface area (Å²) in [7, 11) is 0. The monoisotopic (exact) mass is 454 g/mol. The zero-order chi connectivity index (χ0) is 23.1. The van der Waals surface area contributed by atoms with E-state index in [1.165, 1.54) is 32.5 Å². The Morgan fingerprint density at radius 2 is 1.12 bits per heavy atom.